The molecule has 7 heteroatoms. The summed E-state index contributed by atoms with van der Waals surface area (Å²) in [5.74, 6) is 5.45. The van der Waals surface area contributed by atoms with Crippen molar-refractivity contribution < 1.29 is 8.42 Å². The molecule has 0 atom stereocenters. The Kier molecular flexibility index (Phi) is 3.71. The first-order valence-corrected chi connectivity index (χ1v) is 5.74. The smallest absolute Gasteiger partial charge is 0.245 e. The topological polar surface area (TPSA) is 101 Å². The van der Waals surface area contributed by atoms with Crippen LogP contribution in [-0.2, 0) is 10.0 Å². The number of aromatic nitrogens is 2. The lowest BCUT2D eigenvalue weighted by Crippen LogP contribution is -2.24. The summed E-state index contributed by atoms with van der Waals surface area (Å²) in [5, 5.41) is 5.89. The predicted molar refractivity (Wildman–Crippen MR) is 56.3 cm³/mol. The molecular weight excluding hydrogens is 216 g/mol. The van der Waals surface area contributed by atoms with Gasteiger partial charge in [0.25, 0.3) is 0 Å². The molecule has 0 aliphatic carbocycles. The maximum Gasteiger partial charge on any atom is 0.245 e. The monoisotopic (exact) mass is 228 g/mol. The zero-order chi connectivity index (χ0) is 11.3. The lowest BCUT2D eigenvalue weighted by molar-refractivity contribution is 0.583. The third-order valence-electron chi connectivity index (χ3n) is 1.64. The Morgan fingerprint density at radius 2 is 2.40 bits per heavy atom. The van der Waals surface area contributed by atoms with Crippen LogP contribution in [0.1, 0.15) is 13.3 Å². The summed E-state index contributed by atoms with van der Waals surface area (Å²) < 4.78 is 25.5. The number of nitrogens with two attached hydrogens (primary N) is 1. The molecule has 6 nitrogen and oxygen atoms in total. The third kappa shape index (κ3) is 2.97. The maximum atomic E-state index is 11.6. The molecule has 0 amide bonds. The van der Waals surface area contributed by atoms with Crippen molar-refractivity contribution in [2.75, 3.05) is 12.3 Å². The third-order valence-corrected chi connectivity index (χ3v) is 3.13. The highest BCUT2D eigenvalue weighted by molar-refractivity contribution is 7.89. The molecule has 1 aromatic heterocycles. The molecule has 0 spiro atoms. The molecule has 4 N–H and O–H groups in total. The van der Waals surface area contributed by atoms with Gasteiger partial charge in [0.15, 0.2) is 0 Å². The Balaban J connectivity index is 2.67. The molecule has 0 fully saturated rings. The van der Waals surface area contributed by atoms with E-state index in [-0.39, 0.29) is 17.3 Å². The fraction of sp³-hybridized carbons (Fsp3) is 0.375. The van der Waals surface area contributed by atoms with E-state index in [1.807, 2.05) is 0 Å². The van der Waals surface area contributed by atoms with Crippen molar-refractivity contribution in [1.29, 1.82) is 0 Å². The van der Waals surface area contributed by atoms with E-state index in [4.69, 9.17) is 5.73 Å². The van der Waals surface area contributed by atoms with Gasteiger partial charge in [-0.2, -0.15) is 5.10 Å². The quantitative estimate of drug-likeness (QED) is 0.485. The van der Waals surface area contributed by atoms with Gasteiger partial charge in [0.2, 0.25) is 10.0 Å². The van der Waals surface area contributed by atoms with E-state index in [1.165, 1.54) is 6.20 Å². The number of aromatic amines is 1. The molecule has 82 valence electrons. The van der Waals surface area contributed by atoms with E-state index in [9.17, 15) is 8.42 Å². The van der Waals surface area contributed by atoms with E-state index < -0.39 is 10.0 Å². The first-order valence-electron chi connectivity index (χ1n) is 4.26. The van der Waals surface area contributed by atoms with Crippen LogP contribution in [0.5, 0.6) is 0 Å². The molecule has 0 saturated heterocycles. The van der Waals surface area contributed by atoms with Crippen LogP contribution in [-0.4, -0.2) is 25.2 Å². The molecular formula is C8H12N4O2S. The molecule has 0 bridgehead atoms. The van der Waals surface area contributed by atoms with Gasteiger partial charge in [0.1, 0.15) is 10.7 Å². The molecule has 1 aromatic rings. The summed E-state index contributed by atoms with van der Waals surface area (Å²) in [6.45, 7) is 1.95. The Morgan fingerprint density at radius 1 is 1.67 bits per heavy atom. The van der Waals surface area contributed by atoms with E-state index in [0.717, 1.165) is 0 Å². The molecule has 0 saturated carbocycles. The summed E-state index contributed by atoms with van der Waals surface area (Å²) in [6, 6.07) is 0. The number of H-pyrrole nitrogens is 1. The number of sulfonamides is 1. The van der Waals surface area contributed by atoms with Crippen LogP contribution in [0, 0.1) is 11.8 Å². The molecule has 0 radical (unpaired) electrons. The Morgan fingerprint density at radius 3 is 2.93 bits per heavy atom. The number of hydrogen-bond donors (Lipinski definition) is 3. The number of anilines is 1. The van der Waals surface area contributed by atoms with Gasteiger partial charge in [-0.3, -0.25) is 5.10 Å². The molecule has 1 heterocycles. The van der Waals surface area contributed by atoms with Gasteiger partial charge in [0.05, 0.1) is 6.20 Å². The minimum atomic E-state index is -3.56. The van der Waals surface area contributed by atoms with Crippen molar-refractivity contribution in [3.63, 3.8) is 0 Å². The van der Waals surface area contributed by atoms with Gasteiger partial charge in [0, 0.05) is 13.0 Å². The zero-order valence-electron chi connectivity index (χ0n) is 8.24. The van der Waals surface area contributed by atoms with Crippen molar-refractivity contribution in [3.8, 4) is 11.8 Å². The summed E-state index contributed by atoms with van der Waals surface area (Å²) in [5.41, 5.74) is 5.39. The second-order valence-electron chi connectivity index (χ2n) is 2.72. The van der Waals surface area contributed by atoms with Crippen molar-refractivity contribution in [2.45, 2.75) is 18.2 Å². The molecule has 0 aromatic carbocycles. The lowest BCUT2D eigenvalue weighted by Gasteiger charge is -2.02. The Labute approximate surface area is 88.3 Å². The average Bonchev–Trinajstić information content (AvgIpc) is 2.60. The van der Waals surface area contributed by atoms with Gasteiger partial charge >= 0.3 is 0 Å². The molecule has 0 unspecified atom stereocenters. The van der Waals surface area contributed by atoms with Crippen LogP contribution in [0.3, 0.4) is 0 Å². The maximum absolute atomic E-state index is 11.6. The van der Waals surface area contributed by atoms with E-state index in [1.54, 1.807) is 6.92 Å². The largest absolute Gasteiger partial charge is 0.383 e. The normalized spacial score (nSPS) is 10.7. The Bertz CT molecular complexity index is 480. The van der Waals surface area contributed by atoms with Crippen molar-refractivity contribution in [2.24, 2.45) is 0 Å². The fourth-order valence-electron chi connectivity index (χ4n) is 0.950. The van der Waals surface area contributed by atoms with E-state index >= 15 is 0 Å². The second-order valence-corrected chi connectivity index (χ2v) is 4.46. The minimum Gasteiger partial charge on any atom is -0.383 e. The summed E-state index contributed by atoms with van der Waals surface area (Å²) >= 11 is 0. The number of rotatable bonds is 4. The first kappa shape index (κ1) is 11.6. The first-order chi connectivity index (χ1) is 7.08. The summed E-state index contributed by atoms with van der Waals surface area (Å²) in [7, 11) is -3.56. The molecule has 0 aliphatic rings. The van der Waals surface area contributed by atoms with Gasteiger partial charge < -0.3 is 5.73 Å². The van der Waals surface area contributed by atoms with Gasteiger partial charge in [-0.25, -0.2) is 13.1 Å². The van der Waals surface area contributed by atoms with Gasteiger partial charge in [-0.1, -0.05) is 0 Å². The standard InChI is InChI=1S/C8H12N4O2S/c1-2-3-4-5-11-15(13,14)7-6-10-12-8(7)9/h6,11H,4-5H2,1H3,(H3,9,10,12). The highest BCUT2D eigenvalue weighted by Gasteiger charge is 2.17. The average molecular weight is 228 g/mol. The van der Waals surface area contributed by atoms with Crippen LogP contribution < -0.4 is 10.5 Å². The van der Waals surface area contributed by atoms with Crippen LogP contribution in [0.25, 0.3) is 0 Å². The van der Waals surface area contributed by atoms with Crippen molar-refractivity contribution in [3.05, 3.63) is 6.20 Å². The SMILES string of the molecule is CC#CCCNS(=O)(=O)c1cn[nH]c1N. The highest BCUT2D eigenvalue weighted by atomic mass is 32.2. The predicted octanol–water partition coefficient (Wildman–Crippen LogP) is -0.316. The molecule has 15 heavy (non-hydrogen) atoms. The number of nitrogen functional groups attached to an aromatic ring is 1. The number of nitrogens with one attached hydrogen (secondary N) is 2. The van der Waals surface area contributed by atoms with Gasteiger partial charge in [-0.05, 0) is 6.92 Å². The zero-order valence-corrected chi connectivity index (χ0v) is 9.06. The van der Waals surface area contributed by atoms with Crippen LogP contribution in [0.2, 0.25) is 0 Å². The highest BCUT2D eigenvalue weighted by Crippen LogP contribution is 2.12. The van der Waals surface area contributed by atoms with Crippen LogP contribution in [0.4, 0.5) is 5.82 Å². The van der Waals surface area contributed by atoms with Crippen molar-refractivity contribution >= 4 is 15.8 Å². The minimum absolute atomic E-state index is 0.0316. The molecule has 0 aliphatic heterocycles. The number of nitrogens with zero attached hydrogens (tertiary/aromatic N) is 1. The van der Waals surface area contributed by atoms with Crippen molar-refractivity contribution in [1.82, 2.24) is 14.9 Å². The lowest BCUT2D eigenvalue weighted by atomic mass is 10.4. The summed E-state index contributed by atoms with van der Waals surface area (Å²) in [6.07, 6.45) is 1.64. The number of hydrogen-bond acceptors (Lipinski definition) is 4. The van der Waals surface area contributed by atoms with E-state index in [2.05, 4.69) is 26.8 Å². The van der Waals surface area contributed by atoms with Crippen LogP contribution >= 0.6 is 0 Å². The summed E-state index contributed by atoms with van der Waals surface area (Å²) in [4.78, 5) is -0.0352. The Hall–Kier alpha value is -1.52. The molecule has 1 rings (SSSR count). The van der Waals surface area contributed by atoms with E-state index in [0.29, 0.717) is 6.42 Å². The second kappa shape index (κ2) is 4.82. The van der Waals surface area contributed by atoms with Gasteiger partial charge in [-0.15, -0.1) is 11.8 Å². The fourth-order valence-corrected chi connectivity index (χ4v) is 2.00. The van der Waals surface area contributed by atoms with Crippen LogP contribution in [0.15, 0.2) is 11.1 Å².